The van der Waals surface area contributed by atoms with Crippen LogP contribution in [0.3, 0.4) is 0 Å². The van der Waals surface area contributed by atoms with Crippen LogP contribution in [0.15, 0.2) is 18.2 Å². The molecule has 0 saturated heterocycles. The second-order valence-electron chi connectivity index (χ2n) is 3.17. The van der Waals surface area contributed by atoms with Crippen molar-refractivity contribution in [2.24, 2.45) is 0 Å². The normalized spacial score (nSPS) is 15.2. The van der Waals surface area contributed by atoms with Gasteiger partial charge in [-0.05, 0) is 32.2 Å². The first-order chi connectivity index (χ1) is 6.56. The van der Waals surface area contributed by atoms with Crippen molar-refractivity contribution in [2.75, 3.05) is 7.05 Å². The van der Waals surface area contributed by atoms with Gasteiger partial charge in [0.25, 0.3) is 0 Å². The minimum atomic E-state index is -0.781. The van der Waals surface area contributed by atoms with E-state index < -0.39 is 23.8 Å². The summed E-state index contributed by atoms with van der Waals surface area (Å²) in [6.45, 7) is 1.52. The van der Waals surface area contributed by atoms with E-state index in [0.29, 0.717) is 0 Å². The van der Waals surface area contributed by atoms with Crippen molar-refractivity contribution in [3.8, 4) is 0 Å². The van der Waals surface area contributed by atoms with E-state index in [4.69, 9.17) is 0 Å². The van der Waals surface area contributed by atoms with Crippen LogP contribution in [0.4, 0.5) is 8.78 Å². The molecular formula is C10H13F2NO. The number of likely N-dealkylation sites (N-methyl/N-ethyl adjacent to an activating group) is 1. The summed E-state index contributed by atoms with van der Waals surface area (Å²) < 4.78 is 26.1. The van der Waals surface area contributed by atoms with Crippen LogP contribution in [0.2, 0.25) is 0 Å². The third kappa shape index (κ3) is 2.27. The van der Waals surface area contributed by atoms with Crippen LogP contribution in [-0.4, -0.2) is 18.3 Å². The van der Waals surface area contributed by atoms with Crippen molar-refractivity contribution in [1.29, 1.82) is 0 Å². The molecule has 0 aliphatic carbocycles. The van der Waals surface area contributed by atoms with Crippen LogP contribution in [0.25, 0.3) is 0 Å². The average molecular weight is 201 g/mol. The molecule has 0 heterocycles. The molecule has 14 heavy (non-hydrogen) atoms. The highest BCUT2D eigenvalue weighted by Gasteiger charge is 2.19. The number of aliphatic hydroxyl groups is 1. The lowest BCUT2D eigenvalue weighted by Gasteiger charge is -2.20. The zero-order valence-corrected chi connectivity index (χ0v) is 8.09. The quantitative estimate of drug-likeness (QED) is 0.778. The van der Waals surface area contributed by atoms with Crippen LogP contribution in [0.5, 0.6) is 0 Å². The van der Waals surface area contributed by atoms with Crippen molar-refractivity contribution >= 4 is 0 Å². The van der Waals surface area contributed by atoms with E-state index >= 15 is 0 Å². The Morgan fingerprint density at radius 1 is 1.36 bits per heavy atom. The molecule has 0 aliphatic rings. The molecule has 0 saturated carbocycles. The second kappa shape index (κ2) is 4.48. The van der Waals surface area contributed by atoms with Gasteiger partial charge in [0.1, 0.15) is 11.6 Å². The molecule has 0 fully saturated rings. The van der Waals surface area contributed by atoms with Gasteiger partial charge in [-0.2, -0.15) is 0 Å². The molecule has 2 unspecified atom stereocenters. The smallest absolute Gasteiger partial charge is 0.128 e. The molecular weight excluding hydrogens is 188 g/mol. The van der Waals surface area contributed by atoms with Gasteiger partial charge in [0.15, 0.2) is 0 Å². The van der Waals surface area contributed by atoms with E-state index in [2.05, 4.69) is 5.32 Å². The molecule has 2 N–H and O–H groups in total. The van der Waals surface area contributed by atoms with Crippen LogP contribution in [0, 0.1) is 11.6 Å². The molecule has 0 bridgehead atoms. The van der Waals surface area contributed by atoms with E-state index in [1.807, 2.05) is 0 Å². The zero-order chi connectivity index (χ0) is 10.7. The van der Waals surface area contributed by atoms with Crippen LogP contribution >= 0.6 is 0 Å². The maximum atomic E-state index is 13.2. The zero-order valence-electron chi connectivity index (χ0n) is 8.09. The Labute approximate surface area is 81.6 Å². The van der Waals surface area contributed by atoms with E-state index in [9.17, 15) is 13.9 Å². The summed E-state index contributed by atoms with van der Waals surface area (Å²) in [5.74, 6) is -1.03. The molecule has 0 aliphatic heterocycles. The fourth-order valence-corrected chi connectivity index (χ4v) is 1.41. The van der Waals surface area contributed by atoms with Gasteiger partial charge in [-0.15, -0.1) is 0 Å². The van der Waals surface area contributed by atoms with Crippen molar-refractivity contribution in [1.82, 2.24) is 5.32 Å². The first-order valence-corrected chi connectivity index (χ1v) is 4.36. The van der Waals surface area contributed by atoms with Crippen molar-refractivity contribution in [2.45, 2.75) is 19.1 Å². The summed E-state index contributed by atoms with van der Waals surface area (Å²) in [7, 11) is 1.59. The molecule has 2 nitrogen and oxygen atoms in total. The Hall–Kier alpha value is -1.00. The minimum absolute atomic E-state index is 0.141. The monoisotopic (exact) mass is 201 g/mol. The van der Waals surface area contributed by atoms with Gasteiger partial charge in [0.2, 0.25) is 0 Å². The molecule has 78 valence electrons. The predicted molar refractivity (Wildman–Crippen MR) is 49.8 cm³/mol. The lowest BCUT2D eigenvalue weighted by molar-refractivity contribution is 0.148. The Morgan fingerprint density at radius 2 is 2.00 bits per heavy atom. The third-order valence-corrected chi connectivity index (χ3v) is 2.09. The summed E-state index contributed by atoms with van der Waals surface area (Å²) in [5.41, 5.74) is 0.141. The summed E-state index contributed by atoms with van der Waals surface area (Å²) in [5, 5.41) is 12.1. The Bertz CT molecular complexity index is 315. The second-order valence-corrected chi connectivity index (χ2v) is 3.17. The minimum Gasteiger partial charge on any atom is -0.391 e. The summed E-state index contributed by atoms with van der Waals surface area (Å²) in [6.07, 6.45) is -0.781. The maximum Gasteiger partial charge on any atom is 0.128 e. The molecule has 2 atom stereocenters. The van der Waals surface area contributed by atoms with Gasteiger partial charge in [-0.3, -0.25) is 0 Å². The Kier molecular flexibility index (Phi) is 3.55. The van der Waals surface area contributed by atoms with Crippen molar-refractivity contribution in [3.05, 3.63) is 35.4 Å². The van der Waals surface area contributed by atoms with Gasteiger partial charge in [-0.1, -0.05) is 0 Å². The van der Waals surface area contributed by atoms with Crippen molar-refractivity contribution < 1.29 is 13.9 Å². The summed E-state index contributed by atoms with van der Waals surface area (Å²) in [4.78, 5) is 0. The largest absolute Gasteiger partial charge is 0.391 e. The highest BCUT2D eigenvalue weighted by atomic mass is 19.1. The fourth-order valence-electron chi connectivity index (χ4n) is 1.41. The molecule has 0 amide bonds. The van der Waals surface area contributed by atoms with Gasteiger partial charge >= 0.3 is 0 Å². The van der Waals surface area contributed by atoms with Crippen molar-refractivity contribution in [3.63, 3.8) is 0 Å². The molecule has 0 spiro atoms. The van der Waals surface area contributed by atoms with Crippen LogP contribution < -0.4 is 5.32 Å². The van der Waals surface area contributed by atoms with E-state index in [1.165, 1.54) is 6.92 Å². The van der Waals surface area contributed by atoms with Crippen LogP contribution in [-0.2, 0) is 0 Å². The van der Waals surface area contributed by atoms with Gasteiger partial charge in [0, 0.05) is 5.56 Å². The lowest BCUT2D eigenvalue weighted by atomic mass is 10.0. The van der Waals surface area contributed by atoms with E-state index in [-0.39, 0.29) is 5.56 Å². The average Bonchev–Trinajstić information content (AvgIpc) is 2.11. The number of nitrogens with one attached hydrogen (secondary N) is 1. The number of hydrogen-bond acceptors (Lipinski definition) is 2. The highest BCUT2D eigenvalue weighted by molar-refractivity contribution is 5.23. The van der Waals surface area contributed by atoms with Crippen LogP contribution in [0.1, 0.15) is 18.5 Å². The molecule has 1 aromatic rings. The number of aliphatic hydroxyl groups excluding tert-OH is 1. The maximum absolute atomic E-state index is 13.2. The topological polar surface area (TPSA) is 32.3 Å². The standard InChI is InChI=1S/C10H13F2NO/c1-6(14)10(13-2)8-5-7(11)3-4-9(8)12/h3-6,10,13-14H,1-2H3. The Morgan fingerprint density at radius 3 is 2.50 bits per heavy atom. The van der Waals surface area contributed by atoms with E-state index in [0.717, 1.165) is 18.2 Å². The molecule has 4 heteroatoms. The number of benzene rings is 1. The Balaban J connectivity index is 3.08. The lowest BCUT2D eigenvalue weighted by Crippen LogP contribution is -2.28. The fraction of sp³-hybridized carbons (Fsp3) is 0.400. The molecule has 1 aromatic carbocycles. The SMILES string of the molecule is CNC(c1cc(F)ccc1F)C(C)O. The number of halogens is 2. The first kappa shape index (κ1) is 11.1. The van der Waals surface area contributed by atoms with E-state index in [1.54, 1.807) is 7.05 Å². The molecule has 0 aromatic heterocycles. The van der Waals surface area contributed by atoms with Gasteiger partial charge in [-0.25, -0.2) is 8.78 Å². The summed E-state index contributed by atoms with van der Waals surface area (Å²) >= 11 is 0. The molecule has 1 rings (SSSR count). The number of rotatable bonds is 3. The van der Waals surface area contributed by atoms with Gasteiger partial charge < -0.3 is 10.4 Å². The number of hydrogen-bond donors (Lipinski definition) is 2. The predicted octanol–water partition coefficient (Wildman–Crippen LogP) is 1.61. The summed E-state index contributed by atoms with van der Waals surface area (Å²) in [6, 6.07) is 2.60. The molecule has 0 radical (unpaired) electrons. The first-order valence-electron chi connectivity index (χ1n) is 4.36. The highest BCUT2D eigenvalue weighted by Crippen LogP contribution is 2.20. The van der Waals surface area contributed by atoms with Gasteiger partial charge in [0.05, 0.1) is 12.1 Å². The third-order valence-electron chi connectivity index (χ3n) is 2.09.